The maximum absolute atomic E-state index is 13.2. The number of piperidine rings is 1. The zero-order chi connectivity index (χ0) is 20.5. The van der Waals surface area contributed by atoms with E-state index in [-0.39, 0.29) is 5.91 Å². The maximum atomic E-state index is 13.2. The Bertz CT molecular complexity index is 1170. The van der Waals surface area contributed by atoms with Crippen molar-refractivity contribution in [3.8, 4) is 17.0 Å². The molecule has 2 N–H and O–H groups in total. The fourth-order valence-corrected chi connectivity index (χ4v) is 4.42. The van der Waals surface area contributed by atoms with E-state index < -0.39 is 0 Å². The minimum atomic E-state index is 0.0342. The van der Waals surface area contributed by atoms with Crippen molar-refractivity contribution in [2.45, 2.75) is 18.8 Å². The van der Waals surface area contributed by atoms with Crippen LogP contribution in [0.5, 0.6) is 5.75 Å². The molecule has 2 aromatic heterocycles. The molecule has 1 aliphatic rings. The maximum Gasteiger partial charge on any atom is 0.257 e. The third-order valence-corrected chi connectivity index (χ3v) is 6.09. The molecule has 6 nitrogen and oxygen atoms in total. The Labute approximate surface area is 174 Å². The zero-order valence-electron chi connectivity index (χ0n) is 16.9. The molecule has 0 unspecified atom stereocenters. The Morgan fingerprint density at radius 1 is 1.10 bits per heavy atom. The molecule has 1 aliphatic heterocycles. The molecule has 30 heavy (non-hydrogen) atoms. The number of carbonyl (C=O) groups is 1. The Morgan fingerprint density at radius 2 is 1.87 bits per heavy atom. The molecule has 1 amide bonds. The molecule has 0 atom stereocenters. The lowest BCUT2D eigenvalue weighted by Gasteiger charge is -2.32. The minimum Gasteiger partial charge on any atom is -0.497 e. The van der Waals surface area contributed by atoms with Crippen molar-refractivity contribution < 1.29 is 9.53 Å². The first-order chi connectivity index (χ1) is 14.7. The van der Waals surface area contributed by atoms with Gasteiger partial charge in [-0.15, -0.1) is 0 Å². The summed E-state index contributed by atoms with van der Waals surface area (Å²) in [6, 6.07) is 16.1. The first-order valence-corrected chi connectivity index (χ1v) is 10.3. The van der Waals surface area contributed by atoms with Gasteiger partial charge in [0.2, 0.25) is 0 Å². The number of H-pyrrole nitrogens is 2. The lowest BCUT2D eigenvalue weighted by atomic mass is 9.89. The fourth-order valence-electron chi connectivity index (χ4n) is 4.42. The summed E-state index contributed by atoms with van der Waals surface area (Å²) in [5, 5.41) is 8.42. The molecule has 0 radical (unpaired) electrons. The molecule has 0 spiro atoms. The Hall–Kier alpha value is -3.54. The van der Waals surface area contributed by atoms with E-state index in [1.54, 1.807) is 13.3 Å². The Balaban J connectivity index is 1.31. The molecule has 1 fully saturated rings. The van der Waals surface area contributed by atoms with Gasteiger partial charge in [-0.2, -0.15) is 5.10 Å². The van der Waals surface area contributed by atoms with Crippen LogP contribution in [-0.2, 0) is 0 Å². The number of para-hydroxylation sites is 1. The molecule has 4 aromatic rings. The summed E-state index contributed by atoms with van der Waals surface area (Å²) in [6.07, 6.45) is 5.69. The van der Waals surface area contributed by atoms with Crippen LogP contribution in [0, 0.1) is 0 Å². The van der Waals surface area contributed by atoms with Crippen molar-refractivity contribution in [1.82, 2.24) is 20.1 Å². The van der Waals surface area contributed by atoms with E-state index in [2.05, 4.69) is 45.6 Å². The van der Waals surface area contributed by atoms with Gasteiger partial charge in [-0.3, -0.25) is 9.89 Å². The molecule has 6 heteroatoms. The van der Waals surface area contributed by atoms with Gasteiger partial charge in [0.25, 0.3) is 5.91 Å². The average molecular weight is 400 g/mol. The molecular weight excluding hydrogens is 376 g/mol. The van der Waals surface area contributed by atoms with Crippen LogP contribution in [0.25, 0.3) is 22.2 Å². The summed E-state index contributed by atoms with van der Waals surface area (Å²) in [6.45, 7) is 1.49. The zero-order valence-corrected chi connectivity index (χ0v) is 16.9. The number of likely N-dealkylation sites (tertiary alicyclic amines) is 1. The predicted molar refractivity (Wildman–Crippen MR) is 117 cm³/mol. The molecule has 152 valence electrons. The van der Waals surface area contributed by atoms with Gasteiger partial charge >= 0.3 is 0 Å². The molecule has 2 aromatic carbocycles. The summed E-state index contributed by atoms with van der Waals surface area (Å²) >= 11 is 0. The highest BCUT2D eigenvalue weighted by Crippen LogP contribution is 2.34. The van der Waals surface area contributed by atoms with E-state index >= 15 is 0 Å². The number of carbonyl (C=O) groups excluding carboxylic acids is 1. The van der Waals surface area contributed by atoms with E-state index in [9.17, 15) is 4.79 Å². The number of methoxy groups -OCH3 is 1. The smallest absolute Gasteiger partial charge is 0.257 e. The number of nitrogens with one attached hydrogen (secondary N) is 2. The lowest BCUT2D eigenvalue weighted by Crippen LogP contribution is -2.38. The van der Waals surface area contributed by atoms with Crippen LogP contribution in [0.15, 0.2) is 60.9 Å². The fraction of sp³-hybridized carbons (Fsp3) is 0.250. The number of amides is 1. The third-order valence-electron chi connectivity index (χ3n) is 6.09. The van der Waals surface area contributed by atoms with Crippen LogP contribution in [0.1, 0.15) is 34.7 Å². The summed E-state index contributed by atoms with van der Waals surface area (Å²) in [5.74, 6) is 1.29. The summed E-state index contributed by atoms with van der Waals surface area (Å²) in [4.78, 5) is 18.5. The van der Waals surface area contributed by atoms with Crippen LogP contribution in [0.2, 0.25) is 0 Å². The number of benzene rings is 2. The van der Waals surface area contributed by atoms with Crippen molar-refractivity contribution >= 4 is 16.8 Å². The molecule has 0 bridgehead atoms. The van der Waals surface area contributed by atoms with Gasteiger partial charge in [-0.25, -0.2) is 0 Å². The highest BCUT2D eigenvalue weighted by Gasteiger charge is 2.28. The number of ether oxygens (including phenoxy) is 1. The van der Waals surface area contributed by atoms with E-state index in [1.807, 2.05) is 29.2 Å². The van der Waals surface area contributed by atoms with E-state index in [0.717, 1.165) is 42.9 Å². The SMILES string of the molecule is COc1ccc(-c2[nH]ncc2C(=O)N2CCC(c3c[nH]c4ccccc34)CC2)cc1. The quantitative estimate of drug-likeness (QED) is 0.526. The van der Waals surface area contributed by atoms with Gasteiger partial charge in [0.05, 0.1) is 24.6 Å². The normalized spacial score (nSPS) is 14.9. The van der Waals surface area contributed by atoms with Gasteiger partial charge in [0, 0.05) is 35.8 Å². The van der Waals surface area contributed by atoms with Gasteiger partial charge in [-0.1, -0.05) is 18.2 Å². The molecule has 5 rings (SSSR count). The molecule has 0 aliphatic carbocycles. The first kappa shape index (κ1) is 18.5. The minimum absolute atomic E-state index is 0.0342. The highest BCUT2D eigenvalue weighted by molar-refractivity contribution is 5.99. The van der Waals surface area contributed by atoms with Crippen LogP contribution >= 0.6 is 0 Å². The van der Waals surface area contributed by atoms with Crippen molar-refractivity contribution in [2.24, 2.45) is 0 Å². The summed E-state index contributed by atoms with van der Waals surface area (Å²) < 4.78 is 5.22. The van der Waals surface area contributed by atoms with Crippen LogP contribution in [0.4, 0.5) is 0 Å². The monoisotopic (exact) mass is 400 g/mol. The number of hydrogen-bond donors (Lipinski definition) is 2. The summed E-state index contributed by atoms with van der Waals surface area (Å²) in [7, 11) is 1.64. The second-order valence-corrected chi connectivity index (χ2v) is 7.74. The Kier molecular flexibility index (Phi) is 4.75. The van der Waals surface area contributed by atoms with Gasteiger partial charge in [0.15, 0.2) is 0 Å². The number of aromatic amines is 2. The predicted octanol–water partition coefficient (Wildman–Crippen LogP) is 4.59. The van der Waals surface area contributed by atoms with Crippen molar-refractivity contribution in [1.29, 1.82) is 0 Å². The number of hydrogen-bond acceptors (Lipinski definition) is 3. The van der Waals surface area contributed by atoms with Gasteiger partial charge in [0.1, 0.15) is 5.75 Å². The lowest BCUT2D eigenvalue weighted by molar-refractivity contribution is 0.0714. The first-order valence-electron chi connectivity index (χ1n) is 10.3. The number of aromatic nitrogens is 3. The topological polar surface area (TPSA) is 74.0 Å². The van der Waals surface area contributed by atoms with Gasteiger partial charge < -0.3 is 14.6 Å². The second-order valence-electron chi connectivity index (χ2n) is 7.74. The molecule has 1 saturated heterocycles. The average Bonchev–Trinajstić information content (AvgIpc) is 3.46. The number of fused-ring (bicyclic) bond motifs is 1. The Morgan fingerprint density at radius 3 is 2.63 bits per heavy atom. The molecule has 0 saturated carbocycles. The van der Waals surface area contributed by atoms with Crippen molar-refractivity contribution in [3.63, 3.8) is 0 Å². The van der Waals surface area contributed by atoms with Crippen LogP contribution in [0.3, 0.4) is 0 Å². The second kappa shape index (κ2) is 7.71. The van der Waals surface area contributed by atoms with Crippen molar-refractivity contribution in [2.75, 3.05) is 20.2 Å². The third kappa shape index (κ3) is 3.24. The summed E-state index contributed by atoms with van der Waals surface area (Å²) in [5.41, 5.74) is 4.82. The van der Waals surface area contributed by atoms with Gasteiger partial charge in [-0.05, 0) is 54.7 Å². The van der Waals surface area contributed by atoms with E-state index in [4.69, 9.17) is 4.74 Å². The largest absolute Gasteiger partial charge is 0.497 e. The number of rotatable bonds is 4. The molecule has 3 heterocycles. The van der Waals surface area contributed by atoms with Crippen molar-refractivity contribution in [3.05, 3.63) is 72.1 Å². The molecular formula is C24H24N4O2. The van der Waals surface area contributed by atoms with E-state index in [0.29, 0.717) is 11.5 Å². The highest BCUT2D eigenvalue weighted by atomic mass is 16.5. The van der Waals surface area contributed by atoms with Crippen LogP contribution in [-0.4, -0.2) is 46.2 Å². The van der Waals surface area contributed by atoms with E-state index in [1.165, 1.54) is 16.5 Å². The number of nitrogens with zero attached hydrogens (tertiary/aromatic N) is 2. The van der Waals surface area contributed by atoms with Crippen LogP contribution < -0.4 is 4.74 Å². The standard InChI is InChI=1S/C24H24N4O2/c1-30-18-8-6-17(7-9-18)23-21(15-26-27-23)24(29)28-12-10-16(11-13-28)20-14-25-22-5-3-2-4-19(20)22/h2-9,14-16,25H,10-13H2,1H3,(H,26,27).